The maximum absolute atomic E-state index is 6.20. The standard InChI is InChI=1S/C43H28N2O/c1-2-8-29(9-3-1)32-12-6-13-36(24-32)45(35-19-16-31(17-20-35)39-15-7-11-30-10-4-5-14-38(30)39)37-21-18-33-26-41-40-22-23-44-28-43(40)46-42(41)27-34(33)25-37/h1-28H. The van der Waals surface area contributed by atoms with Crippen LogP contribution in [0.5, 0.6) is 0 Å². The van der Waals surface area contributed by atoms with Gasteiger partial charge in [0.05, 0.1) is 6.20 Å². The van der Waals surface area contributed by atoms with Crippen LogP contribution in [0.1, 0.15) is 0 Å². The van der Waals surface area contributed by atoms with Crippen molar-refractivity contribution < 1.29 is 4.42 Å². The van der Waals surface area contributed by atoms with Crippen LogP contribution in [0, 0.1) is 0 Å². The van der Waals surface area contributed by atoms with Crippen molar-refractivity contribution in [2.75, 3.05) is 4.90 Å². The first-order valence-corrected chi connectivity index (χ1v) is 15.5. The number of fused-ring (bicyclic) bond motifs is 5. The number of rotatable bonds is 5. The van der Waals surface area contributed by atoms with Gasteiger partial charge in [-0.25, -0.2) is 0 Å². The molecule has 0 radical (unpaired) electrons. The van der Waals surface area contributed by atoms with Crippen LogP contribution in [-0.2, 0) is 0 Å². The van der Waals surface area contributed by atoms with E-state index in [9.17, 15) is 0 Å². The van der Waals surface area contributed by atoms with Crippen LogP contribution < -0.4 is 4.90 Å². The Hall–Kier alpha value is -6.19. The predicted molar refractivity (Wildman–Crippen MR) is 192 cm³/mol. The summed E-state index contributed by atoms with van der Waals surface area (Å²) in [7, 11) is 0. The highest BCUT2D eigenvalue weighted by Gasteiger charge is 2.16. The summed E-state index contributed by atoms with van der Waals surface area (Å²) >= 11 is 0. The number of hydrogen-bond donors (Lipinski definition) is 0. The van der Waals surface area contributed by atoms with Crippen LogP contribution >= 0.6 is 0 Å². The molecule has 0 N–H and O–H groups in total. The lowest BCUT2D eigenvalue weighted by atomic mass is 9.98. The molecule has 0 aliphatic rings. The molecule has 0 aliphatic carbocycles. The minimum atomic E-state index is 0.804. The van der Waals surface area contributed by atoms with Gasteiger partial charge in [0.2, 0.25) is 0 Å². The van der Waals surface area contributed by atoms with Crippen molar-refractivity contribution >= 4 is 60.5 Å². The molecular weight excluding hydrogens is 560 g/mol. The summed E-state index contributed by atoms with van der Waals surface area (Å²) < 4.78 is 6.20. The summed E-state index contributed by atoms with van der Waals surface area (Å²) in [5.41, 5.74) is 9.72. The van der Waals surface area contributed by atoms with Gasteiger partial charge in [-0.3, -0.25) is 4.98 Å². The molecule has 216 valence electrons. The first-order chi connectivity index (χ1) is 22.8. The summed E-state index contributed by atoms with van der Waals surface area (Å²) in [6.07, 6.45) is 3.60. The maximum Gasteiger partial charge on any atom is 0.153 e. The number of pyridine rings is 1. The molecule has 7 aromatic carbocycles. The first-order valence-electron chi connectivity index (χ1n) is 15.5. The maximum atomic E-state index is 6.20. The number of benzene rings is 7. The van der Waals surface area contributed by atoms with Crippen molar-refractivity contribution in [1.29, 1.82) is 0 Å². The highest BCUT2D eigenvalue weighted by Crippen LogP contribution is 2.40. The van der Waals surface area contributed by atoms with E-state index in [0.717, 1.165) is 44.4 Å². The van der Waals surface area contributed by atoms with Crippen LogP contribution in [0.3, 0.4) is 0 Å². The zero-order valence-electron chi connectivity index (χ0n) is 25.0. The molecule has 9 aromatic rings. The molecule has 46 heavy (non-hydrogen) atoms. The third kappa shape index (κ3) is 4.49. The zero-order chi connectivity index (χ0) is 30.5. The topological polar surface area (TPSA) is 29.3 Å². The van der Waals surface area contributed by atoms with Crippen LogP contribution in [0.4, 0.5) is 17.1 Å². The third-order valence-electron chi connectivity index (χ3n) is 8.91. The van der Waals surface area contributed by atoms with E-state index in [0.29, 0.717) is 0 Å². The predicted octanol–water partition coefficient (Wildman–Crippen LogP) is 12.1. The lowest BCUT2D eigenvalue weighted by Crippen LogP contribution is -2.10. The lowest BCUT2D eigenvalue weighted by molar-refractivity contribution is 0.667. The molecule has 0 saturated heterocycles. The first kappa shape index (κ1) is 26.2. The van der Waals surface area contributed by atoms with Crippen molar-refractivity contribution in [3.8, 4) is 22.3 Å². The van der Waals surface area contributed by atoms with Crippen molar-refractivity contribution in [2.45, 2.75) is 0 Å². The molecule has 2 aromatic heterocycles. The second-order valence-corrected chi connectivity index (χ2v) is 11.7. The van der Waals surface area contributed by atoms with Gasteiger partial charge < -0.3 is 9.32 Å². The zero-order valence-corrected chi connectivity index (χ0v) is 25.0. The average Bonchev–Trinajstić information content (AvgIpc) is 3.48. The molecular formula is C43H28N2O. The average molecular weight is 589 g/mol. The summed E-state index contributed by atoms with van der Waals surface area (Å²) in [4.78, 5) is 6.59. The molecule has 0 bridgehead atoms. The normalized spacial score (nSPS) is 11.5. The van der Waals surface area contributed by atoms with Crippen LogP contribution in [0.2, 0.25) is 0 Å². The van der Waals surface area contributed by atoms with Crippen molar-refractivity contribution in [3.05, 3.63) is 170 Å². The Bertz CT molecular complexity index is 2530. The van der Waals surface area contributed by atoms with Gasteiger partial charge in [-0.1, -0.05) is 103 Å². The van der Waals surface area contributed by atoms with E-state index >= 15 is 0 Å². The van der Waals surface area contributed by atoms with E-state index in [4.69, 9.17) is 4.42 Å². The molecule has 0 spiro atoms. The fraction of sp³-hybridized carbons (Fsp3) is 0. The number of furan rings is 1. The minimum absolute atomic E-state index is 0.804. The fourth-order valence-corrected chi connectivity index (χ4v) is 6.67. The molecule has 0 unspecified atom stereocenters. The Balaban J connectivity index is 1.20. The Morgan fingerprint density at radius 2 is 1.17 bits per heavy atom. The number of nitrogens with zero attached hydrogens (tertiary/aromatic N) is 2. The van der Waals surface area contributed by atoms with Crippen molar-refractivity contribution in [3.63, 3.8) is 0 Å². The number of aromatic nitrogens is 1. The Morgan fingerprint density at radius 3 is 2.09 bits per heavy atom. The van der Waals surface area contributed by atoms with E-state index in [-0.39, 0.29) is 0 Å². The summed E-state index contributed by atoms with van der Waals surface area (Å²) in [6.45, 7) is 0. The third-order valence-corrected chi connectivity index (χ3v) is 8.91. The van der Waals surface area contributed by atoms with E-state index in [1.54, 1.807) is 6.20 Å². The fourth-order valence-electron chi connectivity index (χ4n) is 6.67. The van der Waals surface area contributed by atoms with Crippen molar-refractivity contribution in [2.24, 2.45) is 0 Å². The van der Waals surface area contributed by atoms with E-state index in [1.807, 2.05) is 12.3 Å². The van der Waals surface area contributed by atoms with Gasteiger partial charge in [0.1, 0.15) is 5.58 Å². The van der Waals surface area contributed by atoms with E-state index in [2.05, 4.69) is 162 Å². The van der Waals surface area contributed by atoms with Gasteiger partial charge in [0.25, 0.3) is 0 Å². The second kappa shape index (κ2) is 10.8. The van der Waals surface area contributed by atoms with Crippen LogP contribution in [-0.4, -0.2) is 4.98 Å². The molecule has 0 atom stereocenters. The SMILES string of the molecule is c1ccc(-c2cccc(N(c3ccc(-c4cccc5ccccc45)cc3)c3ccc4cc5c(cc4c3)oc3cnccc35)c2)cc1. The van der Waals surface area contributed by atoms with E-state index < -0.39 is 0 Å². The highest BCUT2D eigenvalue weighted by molar-refractivity contribution is 6.10. The largest absolute Gasteiger partial charge is 0.454 e. The molecule has 3 heteroatoms. The summed E-state index contributed by atoms with van der Waals surface area (Å²) in [5, 5.41) is 6.98. The minimum Gasteiger partial charge on any atom is -0.454 e. The van der Waals surface area contributed by atoms with Crippen molar-refractivity contribution in [1.82, 2.24) is 4.98 Å². The smallest absolute Gasteiger partial charge is 0.153 e. The second-order valence-electron chi connectivity index (χ2n) is 11.7. The van der Waals surface area contributed by atoms with Gasteiger partial charge >= 0.3 is 0 Å². The molecule has 0 saturated carbocycles. The molecule has 2 heterocycles. The Kier molecular flexibility index (Phi) is 6.14. The van der Waals surface area contributed by atoms with Gasteiger partial charge in [0.15, 0.2) is 5.58 Å². The highest BCUT2D eigenvalue weighted by atomic mass is 16.3. The van der Waals surface area contributed by atoms with Gasteiger partial charge in [-0.15, -0.1) is 0 Å². The number of anilines is 3. The molecule has 9 rings (SSSR count). The Labute approximate surface area is 266 Å². The monoisotopic (exact) mass is 588 g/mol. The molecule has 0 fully saturated rings. The Morgan fingerprint density at radius 1 is 0.413 bits per heavy atom. The summed E-state index contributed by atoms with van der Waals surface area (Å²) in [6, 6.07) is 56.4. The summed E-state index contributed by atoms with van der Waals surface area (Å²) in [5.74, 6) is 0. The molecule has 0 amide bonds. The lowest BCUT2D eigenvalue weighted by Gasteiger charge is -2.26. The van der Waals surface area contributed by atoms with E-state index in [1.165, 1.54) is 38.4 Å². The van der Waals surface area contributed by atoms with Crippen LogP contribution in [0.15, 0.2) is 175 Å². The molecule has 0 aliphatic heterocycles. The number of hydrogen-bond acceptors (Lipinski definition) is 3. The van der Waals surface area contributed by atoms with Gasteiger partial charge in [-0.05, 0) is 98.4 Å². The quantitative estimate of drug-likeness (QED) is 0.200. The van der Waals surface area contributed by atoms with Gasteiger partial charge in [0, 0.05) is 34.0 Å². The van der Waals surface area contributed by atoms with Crippen LogP contribution in [0.25, 0.3) is 65.7 Å². The molecule has 3 nitrogen and oxygen atoms in total. The van der Waals surface area contributed by atoms with Gasteiger partial charge in [-0.2, -0.15) is 0 Å².